The quantitative estimate of drug-likeness (QED) is 0.573. The van der Waals surface area contributed by atoms with Gasteiger partial charge in [-0.15, -0.1) is 5.10 Å². The Balaban J connectivity index is 1.86. The SMILES string of the molecule is Nc1nc(SCc2cc3ccccc3nc2Cl)n[nH]1. The number of anilines is 1. The number of fused-ring (bicyclic) bond motifs is 1. The van der Waals surface area contributed by atoms with Crippen molar-refractivity contribution in [3.05, 3.63) is 41.0 Å². The molecule has 0 saturated carbocycles. The number of nitrogen functional groups attached to an aromatic ring is 1. The lowest BCUT2D eigenvalue weighted by atomic mass is 10.2. The Morgan fingerprint density at radius 3 is 2.89 bits per heavy atom. The fourth-order valence-electron chi connectivity index (χ4n) is 1.70. The maximum absolute atomic E-state index is 6.18. The summed E-state index contributed by atoms with van der Waals surface area (Å²) in [4.78, 5) is 8.40. The molecule has 0 fully saturated rings. The summed E-state index contributed by atoms with van der Waals surface area (Å²) in [5.41, 5.74) is 7.32. The third-order valence-corrected chi connectivity index (χ3v) is 3.81. The molecule has 2 aromatic heterocycles. The number of aromatic amines is 1. The topological polar surface area (TPSA) is 80.5 Å². The number of para-hydroxylation sites is 1. The van der Waals surface area contributed by atoms with E-state index in [0.29, 0.717) is 22.0 Å². The Bertz CT molecular complexity index is 727. The van der Waals surface area contributed by atoms with Crippen molar-refractivity contribution in [2.75, 3.05) is 5.73 Å². The van der Waals surface area contributed by atoms with Gasteiger partial charge in [0.05, 0.1) is 5.52 Å². The smallest absolute Gasteiger partial charge is 0.216 e. The van der Waals surface area contributed by atoms with E-state index in [-0.39, 0.29) is 0 Å². The lowest BCUT2D eigenvalue weighted by molar-refractivity contribution is 0.973. The molecule has 1 aromatic carbocycles. The Morgan fingerprint density at radius 1 is 1.26 bits per heavy atom. The van der Waals surface area contributed by atoms with Crippen molar-refractivity contribution in [3.63, 3.8) is 0 Å². The van der Waals surface area contributed by atoms with Crippen LogP contribution in [0.3, 0.4) is 0 Å². The van der Waals surface area contributed by atoms with Crippen LogP contribution in [0.15, 0.2) is 35.5 Å². The van der Waals surface area contributed by atoms with Crippen LogP contribution in [0.4, 0.5) is 5.95 Å². The molecule has 3 rings (SSSR count). The average Bonchev–Trinajstić information content (AvgIpc) is 2.82. The summed E-state index contributed by atoms with van der Waals surface area (Å²) in [6, 6.07) is 9.90. The molecule has 96 valence electrons. The Kier molecular flexibility index (Phi) is 3.27. The number of hydrogen-bond acceptors (Lipinski definition) is 5. The molecule has 19 heavy (non-hydrogen) atoms. The van der Waals surface area contributed by atoms with Crippen molar-refractivity contribution in [3.8, 4) is 0 Å². The normalized spacial score (nSPS) is 11.0. The maximum atomic E-state index is 6.18. The fourth-order valence-corrected chi connectivity index (χ4v) is 2.77. The van der Waals surface area contributed by atoms with E-state index in [1.54, 1.807) is 0 Å². The van der Waals surface area contributed by atoms with Crippen LogP contribution >= 0.6 is 23.4 Å². The molecular formula is C12H10ClN5S. The Labute approximate surface area is 118 Å². The van der Waals surface area contributed by atoms with Gasteiger partial charge >= 0.3 is 0 Å². The highest BCUT2D eigenvalue weighted by Crippen LogP contribution is 2.26. The van der Waals surface area contributed by atoms with E-state index in [1.165, 1.54) is 11.8 Å². The fraction of sp³-hybridized carbons (Fsp3) is 0.0833. The number of nitrogens with two attached hydrogens (primary N) is 1. The monoisotopic (exact) mass is 291 g/mol. The highest BCUT2D eigenvalue weighted by Gasteiger charge is 2.07. The number of aromatic nitrogens is 4. The minimum atomic E-state index is 0.310. The van der Waals surface area contributed by atoms with Crippen LogP contribution in [0.5, 0.6) is 0 Å². The molecule has 0 spiro atoms. The van der Waals surface area contributed by atoms with Gasteiger partial charge in [-0.3, -0.25) is 0 Å². The van der Waals surface area contributed by atoms with E-state index in [4.69, 9.17) is 17.3 Å². The van der Waals surface area contributed by atoms with Gasteiger partial charge in [0.1, 0.15) is 5.15 Å². The summed E-state index contributed by atoms with van der Waals surface area (Å²) in [5, 5.41) is 8.73. The number of halogens is 1. The van der Waals surface area contributed by atoms with Crippen molar-refractivity contribution in [2.24, 2.45) is 0 Å². The van der Waals surface area contributed by atoms with Crippen molar-refractivity contribution in [1.82, 2.24) is 20.2 Å². The van der Waals surface area contributed by atoms with Crippen LogP contribution in [0, 0.1) is 0 Å². The van der Waals surface area contributed by atoms with Crippen molar-refractivity contribution < 1.29 is 0 Å². The van der Waals surface area contributed by atoms with Crippen LogP contribution < -0.4 is 5.73 Å². The highest BCUT2D eigenvalue weighted by molar-refractivity contribution is 7.98. The summed E-state index contributed by atoms with van der Waals surface area (Å²) in [7, 11) is 0. The van der Waals surface area contributed by atoms with Gasteiger partial charge in [0.2, 0.25) is 11.1 Å². The second kappa shape index (κ2) is 5.07. The zero-order chi connectivity index (χ0) is 13.2. The molecule has 3 aromatic rings. The van der Waals surface area contributed by atoms with E-state index >= 15 is 0 Å². The number of pyridine rings is 1. The van der Waals surface area contributed by atoms with Crippen molar-refractivity contribution >= 4 is 40.2 Å². The molecule has 7 heteroatoms. The Morgan fingerprint density at radius 2 is 2.11 bits per heavy atom. The van der Waals surface area contributed by atoms with E-state index in [9.17, 15) is 0 Å². The predicted molar refractivity (Wildman–Crippen MR) is 77.1 cm³/mol. The van der Waals surface area contributed by atoms with Gasteiger partial charge in [-0.05, 0) is 12.1 Å². The summed E-state index contributed by atoms with van der Waals surface area (Å²) >= 11 is 7.64. The number of thioether (sulfide) groups is 1. The van der Waals surface area contributed by atoms with Gasteiger partial charge in [-0.25, -0.2) is 10.1 Å². The maximum Gasteiger partial charge on any atom is 0.216 e. The number of benzene rings is 1. The lowest BCUT2D eigenvalue weighted by Gasteiger charge is -2.04. The van der Waals surface area contributed by atoms with Crippen LogP contribution in [0.25, 0.3) is 10.9 Å². The Hall–Kier alpha value is -1.79. The minimum Gasteiger partial charge on any atom is -0.368 e. The number of nitrogens with one attached hydrogen (secondary N) is 1. The largest absolute Gasteiger partial charge is 0.368 e. The molecular weight excluding hydrogens is 282 g/mol. The summed E-state index contributed by atoms with van der Waals surface area (Å²) in [5.74, 6) is 0.957. The van der Waals surface area contributed by atoms with Gasteiger partial charge in [0.15, 0.2) is 0 Å². The molecule has 0 atom stereocenters. The van der Waals surface area contributed by atoms with Gasteiger partial charge in [0, 0.05) is 16.7 Å². The third kappa shape index (κ3) is 2.64. The van der Waals surface area contributed by atoms with Gasteiger partial charge < -0.3 is 5.73 Å². The first-order valence-electron chi connectivity index (χ1n) is 5.57. The number of H-pyrrole nitrogens is 1. The molecule has 2 heterocycles. The summed E-state index contributed by atoms with van der Waals surface area (Å²) in [6.07, 6.45) is 0. The molecule has 0 saturated heterocycles. The number of hydrogen-bond donors (Lipinski definition) is 2. The summed E-state index contributed by atoms with van der Waals surface area (Å²) < 4.78 is 0. The molecule has 0 aliphatic rings. The first-order chi connectivity index (χ1) is 9.22. The van der Waals surface area contributed by atoms with E-state index in [2.05, 4.69) is 20.2 Å². The molecule has 0 bridgehead atoms. The molecule has 5 nitrogen and oxygen atoms in total. The third-order valence-electron chi connectivity index (χ3n) is 2.59. The molecule has 0 amide bonds. The van der Waals surface area contributed by atoms with Crippen LogP contribution in [-0.2, 0) is 5.75 Å². The van der Waals surface area contributed by atoms with E-state index < -0.39 is 0 Å². The average molecular weight is 292 g/mol. The molecule has 0 aliphatic heterocycles. The molecule has 3 N–H and O–H groups in total. The van der Waals surface area contributed by atoms with Gasteiger partial charge in [-0.1, -0.05) is 41.6 Å². The standard InChI is InChI=1S/C12H10ClN5S/c13-10-8(6-19-12-16-11(14)17-18-12)5-7-3-1-2-4-9(7)15-10/h1-5H,6H2,(H3,14,16,17,18). The van der Waals surface area contributed by atoms with E-state index in [1.807, 2.05) is 30.3 Å². The number of rotatable bonds is 3. The second-order valence-corrected chi connectivity index (χ2v) is 5.22. The van der Waals surface area contributed by atoms with Crippen molar-refractivity contribution in [2.45, 2.75) is 10.9 Å². The second-order valence-electron chi connectivity index (χ2n) is 3.92. The van der Waals surface area contributed by atoms with Crippen molar-refractivity contribution in [1.29, 1.82) is 0 Å². The molecule has 0 aliphatic carbocycles. The molecule has 0 radical (unpaired) electrons. The van der Waals surface area contributed by atoms with Crippen LogP contribution in [0.1, 0.15) is 5.56 Å². The molecule has 0 unspecified atom stereocenters. The first-order valence-corrected chi connectivity index (χ1v) is 6.93. The van der Waals surface area contributed by atoms with Crippen LogP contribution in [-0.4, -0.2) is 20.2 Å². The van der Waals surface area contributed by atoms with Crippen LogP contribution in [0.2, 0.25) is 5.15 Å². The van der Waals surface area contributed by atoms with Gasteiger partial charge in [0.25, 0.3) is 0 Å². The zero-order valence-corrected chi connectivity index (χ0v) is 11.4. The van der Waals surface area contributed by atoms with Gasteiger partial charge in [-0.2, -0.15) is 4.98 Å². The highest BCUT2D eigenvalue weighted by atomic mass is 35.5. The summed E-state index contributed by atoms with van der Waals surface area (Å²) in [6.45, 7) is 0. The number of nitrogens with zero attached hydrogens (tertiary/aromatic N) is 3. The minimum absolute atomic E-state index is 0.310. The first kappa shape index (κ1) is 12.3. The van der Waals surface area contributed by atoms with E-state index in [0.717, 1.165) is 16.5 Å². The zero-order valence-electron chi connectivity index (χ0n) is 9.80. The lowest BCUT2D eigenvalue weighted by Crippen LogP contribution is -1.89. The predicted octanol–water partition coefficient (Wildman–Crippen LogP) is 2.88.